The quantitative estimate of drug-likeness (QED) is 0.636. The number of aryl methyl sites for hydroxylation is 1. The van der Waals surface area contributed by atoms with E-state index in [0.29, 0.717) is 17.2 Å². The van der Waals surface area contributed by atoms with Crippen LogP contribution in [-0.4, -0.2) is 35.9 Å². The molecule has 7 heteroatoms. The fourth-order valence-electron chi connectivity index (χ4n) is 2.66. The molecule has 29 heavy (non-hydrogen) atoms. The maximum absolute atomic E-state index is 12.0. The zero-order valence-corrected chi connectivity index (χ0v) is 16.4. The van der Waals surface area contributed by atoms with Crippen LogP contribution in [0.5, 0.6) is 11.5 Å². The molecule has 150 valence electrons. The van der Waals surface area contributed by atoms with E-state index in [4.69, 9.17) is 9.47 Å². The molecule has 0 aliphatic carbocycles. The van der Waals surface area contributed by atoms with Crippen LogP contribution in [-0.2, 0) is 11.3 Å². The molecule has 0 unspecified atom stereocenters. The smallest absolute Gasteiger partial charge is 0.266 e. The number of amides is 1. The molecule has 3 aromatic rings. The highest BCUT2D eigenvalue weighted by atomic mass is 16.5. The Labute approximate surface area is 168 Å². The number of ether oxygens (including phenoxy) is 2. The fourth-order valence-corrected chi connectivity index (χ4v) is 2.66. The number of hydrogen-bond donors (Lipinski definition) is 1. The van der Waals surface area contributed by atoms with Crippen LogP contribution in [0.1, 0.15) is 5.56 Å². The Balaban J connectivity index is 1.51. The Morgan fingerprint density at radius 2 is 1.69 bits per heavy atom. The van der Waals surface area contributed by atoms with Crippen LogP contribution in [0.3, 0.4) is 0 Å². The fraction of sp³-hybridized carbons (Fsp3) is 0.227. The number of benzene rings is 2. The first kappa shape index (κ1) is 20.1. The van der Waals surface area contributed by atoms with E-state index in [-0.39, 0.29) is 31.2 Å². The van der Waals surface area contributed by atoms with Crippen molar-refractivity contribution in [3.63, 3.8) is 0 Å². The van der Waals surface area contributed by atoms with Crippen LogP contribution in [0, 0.1) is 6.92 Å². The minimum Gasteiger partial charge on any atom is -0.497 e. The third-order valence-electron chi connectivity index (χ3n) is 4.29. The van der Waals surface area contributed by atoms with Crippen LogP contribution in [0.15, 0.2) is 65.5 Å². The normalized spacial score (nSPS) is 10.4. The Morgan fingerprint density at radius 1 is 1.00 bits per heavy atom. The maximum Gasteiger partial charge on any atom is 0.266 e. The summed E-state index contributed by atoms with van der Waals surface area (Å²) in [5.74, 6) is 1.01. The minimum absolute atomic E-state index is 0.113. The molecule has 0 aliphatic rings. The van der Waals surface area contributed by atoms with Gasteiger partial charge in [-0.15, -0.1) is 0 Å². The van der Waals surface area contributed by atoms with Gasteiger partial charge in [-0.05, 0) is 37.3 Å². The van der Waals surface area contributed by atoms with E-state index >= 15 is 0 Å². The van der Waals surface area contributed by atoms with Gasteiger partial charge in [-0.25, -0.2) is 4.68 Å². The summed E-state index contributed by atoms with van der Waals surface area (Å²) in [6, 6.07) is 18.1. The molecule has 0 aliphatic heterocycles. The lowest BCUT2D eigenvalue weighted by molar-refractivity contribution is -0.123. The summed E-state index contributed by atoms with van der Waals surface area (Å²) < 4.78 is 11.8. The predicted molar refractivity (Wildman–Crippen MR) is 110 cm³/mol. The maximum atomic E-state index is 12.0. The van der Waals surface area contributed by atoms with Gasteiger partial charge in [0.1, 0.15) is 11.5 Å². The van der Waals surface area contributed by atoms with Crippen LogP contribution in [0.2, 0.25) is 0 Å². The molecule has 1 heterocycles. The molecule has 0 spiro atoms. The van der Waals surface area contributed by atoms with Crippen molar-refractivity contribution in [2.75, 3.05) is 20.3 Å². The molecule has 0 saturated carbocycles. The van der Waals surface area contributed by atoms with E-state index in [1.54, 1.807) is 37.4 Å². The van der Waals surface area contributed by atoms with E-state index in [0.717, 1.165) is 11.1 Å². The molecule has 1 N–H and O–H groups in total. The van der Waals surface area contributed by atoms with Gasteiger partial charge in [-0.3, -0.25) is 9.59 Å². The minimum atomic E-state index is -0.274. The lowest BCUT2D eigenvalue weighted by atomic mass is 10.1. The van der Waals surface area contributed by atoms with Gasteiger partial charge in [0.05, 0.1) is 19.3 Å². The summed E-state index contributed by atoms with van der Waals surface area (Å²) in [7, 11) is 1.58. The van der Waals surface area contributed by atoms with Crippen LogP contribution in [0.25, 0.3) is 11.3 Å². The third-order valence-corrected chi connectivity index (χ3v) is 4.29. The number of nitrogens with one attached hydrogen (secondary N) is 1. The lowest BCUT2D eigenvalue weighted by Crippen LogP contribution is -2.34. The molecule has 2 aromatic carbocycles. The Bertz CT molecular complexity index is 1010. The van der Waals surface area contributed by atoms with Gasteiger partial charge in [0, 0.05) is 18.2 Å². The highest BCUT2D eigenvalue weighted by molar-refractivity contribution is 5.77. The summed E-state index contributed by atoms with van der Waals surface area (Å²) in [4.78, 5) is 24.0. The van der Waals surface area contributed by atoms with Crippen molar-refractivity contribution < 1.29 is 14.3 Å². The van der Waals surface area contributed by atoms with Crippen LogP contribution >= 0.6 is 0 Å². The topological polar surface area (TPSA) is 82.4 Å². The molecule has 0 radical (unpaired) electrons. The monoisotopic (exact) mass is 393 g/mol. The molecule has 1 aromatic heterocycles. The van der Waals surface area contributed by atoms with Crippen molar-refractivity contribution in [3.05, 3.63) is 76.6 Å². The molecule has 0 bridgehead atoms. The molecule has 1 amide bonds. The van der Waals surface area contributed by atoms with Gasteiger partial charge >= 0.3 is 0 Å². The Hall–Kier alpha value is -3.61. The van der Waals surface area contributed by atoms with Crippen molar-refractivity contribution in [2.24, 2.45) is 0 Å². The van der Waals surface area contributed by atoms with Crippen molar-refractivity contribution in [3.8, 4) is 22.8 Å². The number of hydrogen-bond acceptors (Lipinski definition) is 5. The molecule has 0 saturated heterocycles. The summed E-state index contributed by atoms with van der Waals surface area (Å²) in [6.45, 7) is 2.44. The second-order valence-corrected chi connectivity index (χ2v) is 6.46. The second kappa shape index (κ2) is 9.54. The first-order valence-electron chi connectivity index (χ1n) is 9.24. The van der Waals surface area contributed by atoms with E-state index < -0.39 is 0 Å². The Kier molecular flexibility index (Phi) is 6.63. The van der Waals surface area contributed by atoms with Crippen LogP contribution in [0.4, 0.5) is 0 Å². The average molecular weight is 393 g/mol. The van der Waals surface area contributed by atoms with Gasteiger partial charge in [0.25, 0.3) is 11.5 Å². The molecule has 0 atom stereocenters. The molecule has 3 rings (SSSR count). The summed E-state index contributed by atoms with van der Waals surface area (Å²) >= 11 is 0. The Morgan fingerprint density at radius 3 is 2.38 bits per heavy atom. The van der Waals surface area contributed by atoms with Crippen molar-refractivity contribution in [1.82, 2.24) is 15.1 Å². The highest BCUT2D eigenvalue weighted by Crippen LogP contribution is 2.17. The molecule has 0 fully saturated rings. The molecule has 7 nitrogen and oxygen atoms in total. The van der Waals surface area contributed by atoms with Gasteiger partial charge < -0.3 is 14.8 Å². The third kappa shape index (κ3) is 5.68. The first-order valence-corrected chi connectivity index (χ1v) is 9.24. The van der Waals surface area contributed by atoms with Gasteiger partial charge in [-0.2, -0.15) is 5.10 Å². The largest absolute Gasteiger partial charge is 0.497 e. The van der Waals surface area contributed by atoms with E-state index in [9.17, 15) is 9.59 Å². The van der Waals surface area contributed by atoms with Crippen molar-refractivity contribution >= 4 is 5.91 Å². The predicted octanol–water partition coefficient (Wildman–Crippen LogP) is 2.42. The number of carbonyl (C=O) groups is 1. The van der Waals surface area contributed by atoms with E-state index in [1.807, 2.05) is 31.2 Å². The number of nitrogens with zero attached hydrogens (tertiary/aromatic N) is 2. The second-order valence-electron chi connectivity index (χ2n) is 6.46. The SMILES string of the molecule is COc1ccc(OCC(=O)NCCn2nc(-c3ccc(C)cc3)ccc2=O)cc1. The number of rotatable bonds is 8. The highest BCUT2D eigenvalue weighted by Gasteiger charge is 2.06. The zero-order chi connectivity index (χ0) is 20.6. The summed E-state index contributed by atoms with van der Waals surface area (Å²) in [6.07, 6.45) is 0. The number of methoxy groups -OCH3 is 1. The van der Waals surface area contributed by atoms with Gasteiger partial charge in [0.15, 0.2) is 6.61 Å². The van der Waals surface area contributed by atoms with E-state index in [2.05, 4.69) is 10.4 Å². The van der Waals surface area contributed by atoms with Crippen molar-refractivity contribution in [1.29, 1.82) is 0 Å². The molecular formula is C22H23N3O4. The first-order chi connectivity index (χ1) is 14.0. The lowest BCUT2D eigenvalue weighted by Gasteiger charge is -2.10. The van der Waals surface area contributed by atoms with Gasteiger partial charge in [-0.1, -0.05) is 29.8 Å². The van der Waals surface area contributed by atoms with Crippen molar-refractivity contribution in [2.45, 2.75) is 13.5 Å². The summed E-state index contributed by atoms with van der Waals surface area (Å²) in [5.41, 5.74) is 2.58. The number of carbonyl (C=O) groups excluding carboxylic acids is 1. The zero-order valence-electron chi connectivity index (χ0n) is 16.4. The molecular weight excluding hydrogens is 370 g/mol. The summed E-state index contributed by atoms with van der Waals surface area (Å²) in [5, 5.41) is 7.12. The van der Waals surface area contributed by atoms with Gasteiger partial charge in [0.2, 0.25) is 0 Å². The average Bonchev–Trinajstić information content (AvgIpc) is 2.74. The van der Waals surface area contributed by atoms with Crippen LogP contribution < -0.4 is 20.3 Å². The standard InChI is InChI=1S/C22H23N3O4/c1-16-3-5-17(6-4-16)20-11-12-22(27)25(24-20)14-13-23-21(26)15-29-19-9-7-18(28-2)8-10-19/h3-12H,13-15H2,1-2H3,(H,23,26). The van der Waals surface area contributed by atoms with E-state index in [1.165, 1.54) is 10.7 Å². The number of aromatic nitrogens is 2.